The van der Waals surface area contributed by atoms with E-state index in [1.165, 1.54) is 41.0 Å². The van der Waals surface area contributed by atoms with Crippen LogP contribution in [0.15, 0.2) is 72.5 Å². The summed E-state index contributed by atoms with van der Waals surface area (Å²) >= 11 is 0. The van der Waals surface area contributed by atoms with Gasteiger partial charge in [0, 0.05) is 41.5 Å². The highest BCUT2D eigenvalue weighted by molar-refractivity contribution is 5.71. The van der Waals surface area contributed by atoms with Crippen LogP contribution in [-0.4, -0.2) is 19.6 Å². The maximum Gasteiger partial charge on any atom is 0.0565 e. The molecule has 1 unspecified atom stereocenters. The number of unbranched alkanes of at least 4 members (excludes halogenated alkanes) is 1. The van der Waals surface area contributed by atoms with Crippen molar-refractivity contribution in [2.24, 2.45) is 0 Å². The van der Waals surface area contributed by atoms with E-state index in [0.29, 0.717) is 6.04 Å². The van der Waals surface area contributed by atoms with Crippen LogP contribution < -0.4 is 9.80 Å². The maximum absolute atomic E-state index is 2.54. The lowest BCUT2D eigenvalue weighted by Gasteiger charge is -2.30. The van der Waals surface area contributed by atoms with E-state index in [2.05, 4.69) is 118 Å². The number of anilines is 2. The molecule has 4 rings (SSSR count). The molecule has 0 aliphatic carbocycles. The fourth-order valence-electron chi connectivity index (χ4n) is 5.44. The Balaban J connectivity index is 1.67. The highest BCUT2D eigenvalue weighted by Crippen LogP contribution is 2.48. The topological polar surface area (TPSA) is 6.48 Å². The van der Waals surface area contributed by atoms with Crippen molar-refractivity contribution in [3.05, 3.63) is 83.6 Å². The number of nitrogens with zero attached hydrogens (tertiary/aromatic N) is 2. The van der Waals surface area contributed by atoms with E-state index in [-0.39, 0.29) is 10.8 Å². The fraction of sp³-hybridized carbons (Fsp3) is 0.429. The Hall–Kier alpha value is -2.48. The Morgan fingerprint density at radius 3 is 2.20 bits per heavy atom. The fourth-order valence-corrected chi connectivity index (χ4v) is 5.44. The summed E-state index contributed by atoms with van der Waals surface area (Å²) in [5, 5.41) is 0. The summed E-state index contributed by atoms with van der Waals surface area (Å²) in [4.78, 5) is 4.97. The largest absolute Gasteiger partial charge is 0.367 e. The van der Waals surface area contributed by atoms with Gasteiger partial charge < -0.3 is 9.80 Å². The lowest BCUT2D eigenvalue weighted by molar-refractivity contribution is 0.488. The van der Waals surface area contributed by atoms with E-state index in [0.717, 1.165) is 6.54 Å². The van der Waals surface area contributed by atoms with Crippen LogP contribution in [0.1, 0.15) is 58.6 Å². The van der Waals surface area contributed by atoms with Gasteiger partial charge in [-0.25, -0.2) is 0 Å². The summed E-state index contributed by atoms with van der Waals surface area (Å²) in [5.41, 5.74) is 7.12. The van der Waals surface area contributed by atoms with Crippen LogP contribution in [0.2, 0.25) is 0 Å². The van der Waals surface area contributed by atoms with E-state index in [1.54, 1.807) is 0 Å². The average Bonchev–Trinajstić information content (AvgIpc) is 3.06. The van der Waals surface area contributed by atoms with Crippen LogP contribution in [0.25, 0.3) is 0 Å². The van der Waals surface area contributed by atoms with Crippen LogP contribution in [0.4, 0.5) is 11.4 Å². The molecule has 0 radical (unpaired) electrons. The number of para-hydroxylation sites is 2. The van der Waals surface area contributed by atoms with Crippen molar-refractivity contribution in [3.8, 4) is 0 Å². The third-order valence-corrected chi connectivity index (χ3v) is 7.22. The molecule has 0 N–H and O–H groups in total. The number of fused-ring (bicyclic) bond motifs is 2. The van der Waals surface area contributed by atoms with E-state index in [1.807, 2.05) is 0 Å². The average molecular weight is 401 g/mol. The first-order chi connectivity index (χ1) is 14.3. The molecule has 0 saturated carbocycles. The first-order valence-electron chi connectivity index (χ1n) is 11.4. The number of benzene rings is 2. The quantitative estimate of drug-likeness (QED) is 0.543. The van der Waals surface area contributed by atoms with Crippen molar-refractivity contribution < 1.29 is 0 Å². The van der Waals surface area contributed by atoms with Crippen molar-refractivity contribution >= 4 is 11.4 Å². The SMILES string of the molecule is CCCCN1/C(=C/C=C/C2N(C)c3ccccc3C2(C)C)C(C)(C)c2ccccc21. The minimum atomic E-state index is 0.0226. The number of hydrogen-bond acceptors (Lipinski definition) is 2. The first kappa shape index (κ1) is 20.8. The van der Waals surface area contributed by atoms with Gasteiger partial charge in [-0.15, -0.1) is 0 Å². The summed E-state index contributed by atoms with van der Waals surface area (Å²) in [6, 6.07) is 18.1. The summed E-state index contributed by atoms with van der Waals surface area (Å²) in [7, 11) is 2.22. The molecule has 2 heterocycles. The summed E-state index contributed by atoms with van der Waals surface area (Å²) in [5.74, 6) is 0. The van der Waals surface area contributed by atoms with Crippen molar-refractivity contribution in [3.63, 3.8) is 0 Å². The Labute approximate surface area is 182 Å². The summed E-state index contributed by atoms with van der Waals surface area (Å²) in [6.45, 7) is 12.8. The van der Waals surface area contributed by atoms with Gasteiger partial charge in [-0.3, -0.25) is 0 Å². The standard InChI is InChI=1S/C28H36N2/c1-7-8-20-30-24-17-12-10-15-22(24)28(4,5)26(30)19-13-18-25-27(2,3)21-14-9-11-16-23(21)29(25)6/h9-19,25H,7-8,20H2,1-6H3/b18-13+,26-19+. The second kappa shape index (κ2) is 7.65. The molecule has 0 spiro atoms. The Kier molecular flexibility index (Phi) is 5.30. The maximum atomic E-state index is 2.54. The van der Waals surface area contributed by atoms with Crippen LogP contribution >= 0.6 is 0 Å². The molecule has 0 amide bonds. The van der Waals surface area contributed by atoms with E-state index < -0.39 is 0 Å². The van der Waals surface area contributed by atoms with Crippen LogP contribution in [0.3, 0.4) is 0 Å². The molecule has 2 heteroatoms. The Bertz CT molecular complexity index is 980. The lowest BCUT2D eigenvalue weighted by Crippen LogP contribution is -2.37. The predicted molar refractivity (Wildman–Crippen MR) is 131 cm³/mol. The minimum absolute atomic E-state index is 0.0226. The molecule has 2 aromatic rings. The zero-order chi connectivity index (χ0) is 21.5. The zero-order valence-electron chi connectivity index (χ0n) is 19.4. The number of likely N-dealkylation sites (N-methyl/N-ethyl adjacent to an activating group) is 1. The number of hydrogen-bond donors (Lipinski definition) is 0. The van der Waals surface area contributed by atoms with Crippen LogP contribution in [0.5, 0.6) is 0 Å². The molecule has 158 valence electrons. The Morgan fingerprint density at radius 1 is 0.900 bits per heavy atom. The van der Waals surface area contributed by atoms with E-state index in [4.69, 9.17) is 0 Å². The van der Waals surface area contributed by atoms with Gasteiger partial charge in [-0.1, -0.05) is 89.6 Å². The molecular formula is C28H36N2. The number of rotatable bonds is 5. The molecule has 1 atom stereocenters. The molecule has 30 heavy (non-hydrogen) atoms. The molecule has 2 nitrogen and oxygen atoms in total. The van der Waals surface area contributed by atoms with Gasteiger partial charge in [0.25, 0.3) is 0 Å². The molecule has 2 aromatic carbocycles. The smallest absolute Gasteiger partial charge is 0.0565 e. The molecule has 2 aliphatic rings. The third-order valence-electron chi connectivity index (χ3n) is 7.22. The highest BCUT2D eigenvalue weighted by atomic mass is 15.2. The molecular weight excluding hydrogens is 364 g/mol. The molecule has 0 aromatic heterocycles. The van der Waals surface area contributed by atoms with Gasteiger partial charge in [0.1, 0.15) is 0 Å². The Morgan fingerprint density at radius 2 is 1.53 bits per heavy atom. The lowest BCUT2D eigenvalue weighted by atomic mass is 9.80. The van der Waals surface area contributed by atoms with Crippen molar-refractivity contribution in [2.75, 3.05) is 23.4 Å². The molecule has 0 fully saturated rings. The van der Waals surface area contributed by atoms with Crippen molar-refractivity contribution in [1.82, 2.24) is 0 Å². The first-order valence-corrected chi connectivity index (χ1v) is 11.4. The molecule has 0 saturated heterocycles. The van der Waals surface area contributed by atoms with E-state index in [9.17, 15) is 0 Å². The normalized spacial score (nSPS) is 22.7. The summed E-state index contributed by atoms with van der Waals surface area (Å²) < 4.78 is 0. The summed E-state index contributed by atoms with van der Waals surface area (Å²) in [6.07, 6.45) is 9.48. The third kappa shape index (κ3) is 3.17. The second-order valence-electron chi connectivity index (χ2n) is 9.88. The van der Waals surface area contributed by atoms with Gasteiger partial charge in [0.2, 0.25) is 0 Å². The second-order valence-corrected chi connectivity index (χ2v) is 9.88. The van der Waals surface area contributed by atoms with Crippen molar-refractivity contribution in [1.29, 1.82) is 0 Å². The highest BCUT2D eigenvalue weighted by Gasteiger charge is 2.42. The minimum Gasteiger partial charge on any atom is -0.367 e. The number of allylic oxidation sites excluding steroid dienone is 3. The molecule has 2 aliphatic heterocycles. The van der Waals surface area contributed by atoms with Gasteiger partial charge in [-0.05, 0) is 35.8 Å². The zero-order valence-corrected chi connectivity index (χ0v) is 19.4. The molecule has 0 bridgehead atoms. The van der Waals surface area contributed by atoms with Gasteiger partial charge >= 0.3 is 0 Å². The van der Waals surface area contributed by atoms with Gasteiger partial charge in [-0.2, -0.15) is 0 Å². The van der Waals surface area contributed by atoms with Crippen LogP contribution in [-0.2, 0) is 10.8 Å². The van der Waals surface area contributed by atoms with Gasteiger partial charge in [0.05, 0.1) is 6.04 Å². The predicted octanol–water partition coefficient (Wildman–Crippen LogP) is 6.82. The monoisotopic (exact) mass is 400 g/mol. The van der Waals surface area contributed by atoms with Crippen LogP contribution in [0, 0.1) is 0 Å². The van der Waals surface area contributed by atoms with Crippen molar-refractivity contribution in [2.45, 2.75) is 64.3 Å². The van der Waals surface area contributed by atoms with E-state index >= 15 is 0 Å². The van der Waals surface area contributed by atoms with Gasteiger partial charge in [0.15, 0.2) is 0 Å².